The van der Waals surface area contributed by atoms with Crippen LogP contribution in [-0.4, -0.2) is 12.4 Å². The molecule has 0 unspecified atom stereocenters. The number of rotatable bonds is 3. The lowest BCUT2D eigenvalue weighted by molar-refractivity contribution is -0.0501. The van der Waals surface area contributed by atoms with Gasteiger partial charge in [0.15, 0.2) is 5.78 Å². The molecule has 0 heterocycles. The Bertz CT molecular complexity index is 311. The highest BCUT2D eigenvalue weighted by Crippen LogP contribution is 2.20. The predicted molar refractivity (Wildman–Crippen MR) is 54.4 cm³/mol. The van der Waals surface area contributed by atoms with Crippen LogP contribution in [0.15, 0.2) is 24.3 Å². The predicted octanol–water partition coefficient (Wildman–Crippen LogP) is 3.52. The number of Topliss-reactive ketones (excluding diaryl/α,β-unsaturated/α-hetero) is 1. The van der Waals surface area contributed by atoms with E-state index in [0.29, 0.717) is 0 Å². The minimum atomic E-state index is -2.90. The summed E-state index contributed by atoms with van der Waals surface area (Å²) in [4.78, 5) is 10.9. The molecule has 0 saturated carbocycles. The van der Waals surface area contributed by atoms with Crippen LogP contribution in [-0.2, 0) is 0 Å². The molecule has 0 N–H and O–H groups in total. The molecule has 15 heavy (non-hydrogen) atoms. The standard InChI is InChI=1S/C9H8F2O2.C2H6/c1-6(12)7-4-2-3-5-8(7)13-9(10)11;1-2/h2-5,9H,1H3;1-2H3. The van der Waals surface area contributed by atoms with Gasteiger partial charge in [-0.2, -0.15) is 8.78 Å². The average molecular weight is 216 g/mol. The van der Waals surface area contributed by atoms with Crippen LogP contribution in [0.3, 0.4) is 0 Å². The monoisotopic (exact) mass is 216 g/mol. The molecule has 4 heteroatoms. The number of alkyl halides is 2. The van der Waals surface area contributed by atoms with Crippen LogP contribution in [0.2, 0.25) is 0 Å². The lowest BCUT2D eigenvalue weighted by Gasteiger charge is -2.07. The van der Waals surface area contributed by atoms with Gasteiger partial charge in [-0.1, -0.05) is 26.0 Å². The van der Waals surface area contributed by atoms with Gasteiger partial charge < -0.3 is 4.74 Å². The fourth-order valence-corrected chi connectivity index (χ4v) is 0.956. The van der Waals surface area contributed by atoms with Crippen molar-refractivity contribution in [2.24, 2.45) is 0 Å². The highest BCUT2D eigenvalue weighted by molar-refractivity contribution is 5.96. The van der Waals surface area contributed by atoms with Crippen LogP contribution in [0, 0.1) is 0 Å². The second-order valence-corrected chi connectivity index (χ2v) is 2.43. The maximum Gasteiger partial charge on any atom is 0.387 e. The van der Waals surface area contributed by atoms with E-state index in [-0.39, 0.29) is 17.1 Å². The van der Waals surface area contributed by atoms with Crippen LogP contribution >= 0.6 is 0 Å². The molecule has 0 amide bonds. The van der Waals surface area contributed by atoms with E-state index < -0.39 is 6.61 Å². The maximum atomic E-state index is 11.8. The van der Waals surface area contributed by atoms with Gasteiger partial charge in [0.05, 0.1) is 5.56 Å². The Labute approximate surface area is 87.9 Å². The minimum Gasteiger partial charge on any atom is -0.434 e. The van der Waals surface area contributed by atoms with Crippen LogP contribution in [0.5, 0.6) is 5.75 Å². The number of ketones is 1. The number of hydrogen-bond donors (Lipinski definition) is 0. The van der Waals surface area contributed by atoms with Crippen LogP contribution < -0.4 is 4.74 Å². The van der Waals surface area contributed by atoms with Crippen molar-refractivity contribution in [1.82, 2.24) is 0 Å². The Morgan fingerprint density at radius 1 is 1.27 bits per heavy atom. The Morgan fingerprint density at radius 3 is 2.27 bits per heavy atom. The van der Waals surface area contributed by atoms with Crippen molar-refractivity contribution in [3.63, 3.8) is 0 Å². The maximum absolute atomic E-state index is 11.8. The number of benzene rings is 1. The van der Waals surface area contributed by atoms with Gasteiger partial charge in [0.1, 0.15) is 5.75 Å². The zero-order valence-corrected chi connectivity index (χ0v) is 8.96. The number of para-hydroxylation sites is 1. The van der Waals surface area contributed by atoms with Crippen molar-refractivity contribution in [2.45, 2.75) is 27.4 Å². The summed E-state index contributed by atoms with van der Waals surface area (Å²) in [6.07, 6.45) is 0. The first-order valence-corrected chi connectivity index (χ1v) is 4.66. The summed E-state index contributed by atoms with van der Waals surface area (Å²) in [7, 11) is 0. The van der Waals surface area contributed by atoms with Gasteiger partial charge in [-0.25, -0.2) is 0 Å². The van der Waals surface area contributed by atoms with Gasteiger partial charge >= 0.3 is 6.61 Å². The van der Waals surface area contributed by atoms with Gasteiger partial charge in [-0.05, 0) is 19.1 Å². The van der Waals surface area contributed by atoms with E-state index in [9.17, 15) is 13.6 Å². The third-order valence-corrected chi connectivity index (χ3v) is 1.48. The largest absolute Gasteiger partial charge is 0.434 e. The summed E-state index contributed by atoms with van der Waals surface area (Å²) in [5.74, 6) is -0.374. The summed E-state index contributed by atoms with van der Waals surface area (Å²) in [5.41, 5.74) is 0.169. The van der Waals surface area contributed by atoms with Crippen LogP contribution in [0.1, 0.15) is 31.1 Å². The SMILES string of the molecule is CC.CC(=O)c1ccccc1OC(F)F. The number of halogens is 2. The van der Waals surface area contributed by atoms with E-state index in [2.05, 4.69) is 4.74 Å². The average Bonchev–Trinajstić information content (AvgIpc) is 2.20. The molecule has 1 aromatic rings. The first-order chi connectivity index (χ1) is 7.11. The van der Waals surface area contributed by atoms with Crippen molar-refractivity contribution < 1.29 is 18.3 Å². The third kappa shape index (κ3) is 4.54. The molecule has 2 nitrogen and oxygen atoms in total. The Kier molecular flexibility index (Phi) is 6.25. The minimum absolute atomic E-state index is 0.0787. The smallest absolute Gasteiger partial charge is 0.387 e. The number of hydrogen-bond acceptors (Lipinski definition) is 2. The highest BCUT2D eigenvalue weighted by Gasteiger charge is 2.11. The van der Waals surface area contributed by atoms with E-state index in [1.807, 2.05) is 13.8 Å². The van der Waals surface area contributed by atoms with E-state index >= 15 is 0 Å². The lowest BCUT2D eigenvalue weighted by Crippen LogP contribution is -2.06. The molecule has 1 rings (SSSR count). The lowest BCUT2D eigenvalue weighted by atomic mass is 10.1. The van der Waals surface area contributed by atoms with Gasteiger partial charge in [-0.15, -0.1) is 0 Å². The van der Waals surface area contributed by atoms with Crippen molar-refractivity contribution >= 4 is 5.78 Å². The van der Waals surface area contributed by atoms with Gasteiger partial charge in [-0.3, -0.25) is 4.79 Å². The molecular formula is C11H14F2O2. The van der Waals surface area contributed by atoms with Crippen LogP contribution in [0.4, 0.5) is 8.78 Å². The zero-order valence-electron chi connectivity index (χ0n) is 8.96. The van der Waals surface area contributed by atoms with Crippen LogP contribution in [0.25, 0.3) is 0 Å². The van der Waals surface area contributed by atoms with E-state index in [4.69, 9.17) is 0 Å². The summed E-state index contributed by atoms with van der Waals surface area (Å²) in [6.45, 7) is 2.40. The normalized spacial score (nSPS) is 9.20. The van der Waals surface area contributed by atoms with E-state index in [1.165, 1.54) is 25.1 Å². The Hall–Kier alpha value is -1.45. The number of carbonyl (C=O) groups excluding carboxylic acids is 1. The summed E-state index contributed by atoms with van der Waals surface area (Å²) < 4.78 is 27.8. The fraction of sp³-hybridized carbons (Fsp3) is 0.364. The summed E-state index contributed by atoms with van der Waals surface area (Å²) >= 11 is 0. The molecule has 0 aliphatic carbocycles. The molecule has 0 radical (unpaired) electrons. The molecule has 84 valence electrons. The molecule has 0 spiro atoms. The second kappa shape index (κ2) is 6.92. The summed E-state index contributed by atoms with van der Waals surface area (Å²) in [5, 5.41) is 0. The topological polar surface area (TPSA) is 26.3 Å². The van der Waals surface area contributed by atoms with Gasteiger partial charge in [0.25, 0.3) is 0 Å². The van der Waals surface area contributed by atoms with Gasteiger partial charge in [0.2, 0.25) is 0 Å². The number of ether oxygens (including phenoxy) is 1. The quantitative estimate of drug-likeness (QED) is 0.722. The van der Waals surface area contributed by atoms with Crippen molar-refractivity contribution in [3.8, 4) is 5.75 Å². The highest BCUT2D eigenvalue weighted by atomic mass is 19.3. The molecule has 0 atom stereocenters. The fourth-order valence-electron chi connectivity index (χ4n) is 0.956. The molecular weight excluding hydrogens is 202 g/mol. The Balaban J connectivity index is 0.000000921. The molecule has 0 saturated heterocycles. The molecule has 0 aromatic heterocycles. The van der Waals surface area contributed by atoms with E-state index in [0.717, 1.165) is 0 Å². The molecule has 0 aliphatic heterocycles. The number of carbonyl (C=O) groups is 1. The van der Waals surface area contributed by atoms with Gasteiger partial charge in [0, 0.05) is 0 Å². The van der Waals surface area contributed by atoms with Crippen molar-refractivity contribution in [1.29, 1.82) is 0 Å². The molecule has 0 aliphatic rings. The summed E-state index contributed by atoms with van der Waals surface area (Å²) in [6, 6.07) is 5.90. The molecule has 0 bridgehead atoms. The Morgan fingerprint density at radius 2 is 1.80 bits per heavy atom. The molecule has 1 aromatic carbocycles. The van der Waals surface area contributed by atoms with Crippen molar-refractivity contribution in [3.05, 3.63) is 29.8 Å². The first-order valence-electron chi connectivity index (χ1n) is 4.66. The zero-order chi connectivity index (χ0) is 11.8. The third-order valence-electron chi connectivity index (χ3n) is 1.48. The first kappa shape index (κ1) is 13.5. The van der Waals surface area contributed by atoms with Crippen molar-refractivity contribution in [2.75, 3.05) is 0 Å². The second-order valence-electron chi connectivity index (χ2n) is 2.43. The van der Waals surface area contributed by atoms with E-state index in [1.54, 1.807) is 6.07 Å². The molecule has 0 fully saturated rings.